The second kappa shape index (κ2) is 6.95. The molecule has 7 nitrogen and oxygen atoms in total. The molecular weight excluding hydrogens is 350 g/mol. The van der Waals surface area contributed by atoms with Crippen LogP contribution < -0.4 is 9.64 Å². The Labute approximate surface area is 155 Å². The SMILES string of the molecule is COc1ccc(C2C(C(C)=O)=C(O)C(=O)N2c2ccc(C(=O)O)cc2)cc1. The minimum Gasteiger partial charge on any atom is -0.503 e. The second-order valence-electron chi connectivity index (χ2n) is 6.02. The number of aliphatic hydroxyl groups excluding tert-OH is 1. The van der Waals surface area contributed by atoms with Crippen molar-refractivity contribution in [3.8, 4) is 5.75 Å². The molecule has 138 valence electrons. The monoisotopic (exact) mass is 367 g/mol. The molecule has 1 aliphatic rings. The molecule has 0 fully saturated rings. The number of amides is 1. The highest BCUT2D eigenvalue weighted by molar-refractivity contribution is 6.16. The van der Waals surface area contributed by atoms with Crippen molar-refractivity contribution in [2.75, 3.05) is 12.0 Å². The molecule has 0 saturated heterocycles. The minimum atomic E-state index is -1.09. The molecular formula is C20H17NO6. The van der Waals surface area contributed by atoms with E-state index in [-0.39, 0.29) is 11.1 Å². The smallest absolute Gasteiger partial charge is 0.335 e. The Morgan fingerprint density at radius 2 is 1.63 bits per heavy atom. The first-order chi connectivity index (χ1) is 12.8. The number of ether oxygens (including phenoxy) is 1. The zero-order chi connectivity index (χ0) is 19.7. The molecule has 7 heteroatoms. The highest BCUT2D eigenvalue weighted by atomic mass is 16.5. The number of Topliss-reactive ketones (excluding diaryl/α,β-unsaturated/α-hetero) is 1. The topological polar surface area (TPSA) is 104 Å². The van der Waals surface area contributed by atoms with Crippen LogP contribution in [0.3, 0.4) is 0 Å². The average Bonchev–Trinajstić information content (AvgIpc) is 2.93. The van der Waals surface area contributed by atoms with Gasteiger partial charge in [0.15, 0.2) is 11.5 Å². The third-order valence-corrected chi connectivity index (χ3v) is 4.41. The van der Waals surface area contributed by atoms with Gasteiger partial charge in [0.05, 0.1) is 24.3 Å². The van der Waals surface area contributed by atoms with Crippen LogP contribution in [0.4, 0.5) is 5.69 Å². The molecule has 0 aliphatic carbocycles. The normalized spacial score (nSPS) is 16.6. The van der Waals surface area contributed by atoms with Crippen molar-refractivity contribution in [1.82, 2.24) is 0 Å². The maximum absolute atomic E-state index is 12.7. The predicted molar refractivity (Wildman–Crippen MR) is 97.0 cm³/mol. The van der Waals surface area contributed by atoms with Crippen molar-refractivity contribution in [3.63, 3.8) is 0 Å². The summed E-state index contributed by atoms with van der Waals surface area (Å²) in [6.07, 6.45) is 0. The van der Waals surface area contributed by atoms with Crippen molar-refractivity contribution < 1.29 is 29.3 Å². The van der Waals surface area contributed by atoms with Crippen molar-refractivity contribution in [3.05, 3.63) is 71.0 Å². The van der Waals surface area contributed by atoms with E-state index in [1.165, 1.54) is 43.2 Å². The zero-order valence-electron chi connectivity index (χ0n) is 14.7. The number of rotatable bonds is 5. The summed E-state index contributed by atoms with van der Waals surface area (Å²) in [5.41, 5.74) is 1.04. The Kier molecular flexibility index (Phi) is 4.68. The summed E-state index contributed by atoms with van der Waals surface area (Å²) in [7, 11) is 1.52. The van der Waals surface area contributed by atoms with Crippen LogP contribution in [0.15, 0.2) is 59.9 Å². The summed E-state index contributed by atoms with van der Waals surface area (Å²) in [6.45, 7) is 1.28. The van der Waals surface area contributed by atoms with Gasteiger partial charge in [0.1, 0.15) is 5.75 Å². The highest BCUT2D eigenvalue weighted by Gasteiger charge is 2.43. The lowest BCUT2D eigenvalue weighted by Gasteiger charge is -2.27. The fourth-order valence-corrected chi connectivity index (χ4v) is 3.10. The zero-order valence-corrected chi connectivity index (χ0v) is 14.7. The molecule has 1 unspecified atom stereocenters. The van der Waals surface area contributed by atoms with Crippen LogP contribution in [0.5, 0.6) is 5.75 Å². The van der Waals surface area contributed by atoms with Gasteiger partial charge >= 0.3 is 5.97 Å². The summed E-state index contributed by atoms with van der Waals surface area (Å²) in [6, 6.07) is 11.6. The van der Waals surface area contributed by atoms with E-state index in [1.807, 2.05) is 0 Å². The number of hydrogen-bond donors (Lipinski definition) is 2. The van der Waals surface area contributed by atoms with E-state index in [9.17, 15) is 19.5 Å². The molecule has 2 aromatic carbocycles. The number of carbonyl (C=O) groups is 3. The first-order valence-electron chi connectivity index (χ1n) is 8.10. The van der Waals surface area contributed by atoms with Gasteiger partial charge in [0.25, 0.3) is 5.91 Å². The number of carboxylic acid groups (broad SMARTS) is 1. The van der Waals surface area contributed by atoms with Crippen molar-refractivity contribution in [2.45, 2.75) is 13.0 Å². The molecule has 2 N–H and O–H groups in total. The Balaban J connectivity index is 2.11. The molecule has 2 aromatic rings. The van der Waals surface area contributed by atoms with Gasteiger partial charge in [-0.15, -0.1) is 0 Å². The number of anilines is 1. The summed E-state index contributed by atoms with van der Waals surface area (Å²) >= 11 is 0. The van der Waals surface area contributed by atoms with Crippen LogP contribution >= 0.6 is 0 Å². The van der Waals surface area contributed by atoms with E-state index < -0.39 is 29.5 Å². The molecule has 0 aromatic heterocycles. The summed E-state index contributed by atoms with van der Waals surface area (Å²) in [5.74, 6) is -2.23. The highest BCUT2D eigenvalue weighted by Crippen LogP contribution is 2.41. The van der Waals surface area contributed by atoms with E-state index in [2.05, 4.69) is 0 Å². The van der Waals surface area contributed by atoms with Gasteiger partial charge in [-0.25, -0.2) is 4.79 Å². The van der Waals surface area contributed by atoms with Crippen molar-refractivity contribution in [2.24, 2.45) is 0 Å². The molecule has 1 heterocycles. The number of aromatic carboxylic acids is 1. The van der Waals surface area contributed by atoms with Gasteiger partial charge in [0.2, 0.25) is 0 Å². The fraction of sp³-hybridized carbons (Fsp3) is 0.150. The lowest BCUT2D eigenvalue weighted by atomic mass is 9.96. The van der Waals surface area contributed by atoms with E-state index in [1.54, 1.807) is 24.3 Å². The number of methoxy groups -OCH3 is 1. The Hall–Kier alpha value is -3.61. The fourth-order valence-electron chi connectivity index (χ4n) is 3.10. The van der Waals surface area contributed by atoms with Crippen molar-refractivity contribution >= 4 is 23.3 Å². The van der Waals surface area contributed by atoms with Crippen molar-refractivity contribution in [1.29, 1.82) is 0 Å². The van der Waals surface area contributed by atoms with Crippen LogP contribution in [-0.2, 0) is 9.59 Å². The average molecular weight is 367 g/mol. The van der Waals surface area contributed by atoms with Crippen LogP contribution in [0.25, 0.3) is 0 Å². The van der Waals surface area contributed by atoms with E-state index in [0.717, 1.165) is 0 Å². The lowest BCUT2D eigenvalue weighted by Crippen LogP contribution is -2.30. The number of nitrogens with zero attached hydrogens (tertiary/aromatic N) is 1. The Morgan fingerprint density at radius 1 is 1.04 bits per heavy atom. The second-order valence-corrected chi connectivity index (χ2v) is 6.02. The number of aliphatic hydroxyl groups is 1. The number of ketones is 1. The summed E-state index contributed by atoms with van der Waals surface area (Å²) in [4.78, 5) is 37.1. The largest absolute Gasteiger partial charge is 0.503 e. The molecule has 0 saturated carbocycles. The third-order valence-electron chi connectivity index (χ3n) is 4.41. The van der Waals surface area contributed by atoms with Gasteiger partial charge in [-0.3, -0.25) is 14.5 Å². The maximum atomic E-state index is 12.7. The van der Waals surface area contributed by atoms with Gasteiger partial charge in [-0.2, -0.15) is 0 Å². The van der Waals surface area contributed by atoms with E-state index in [4.69, 9.17) is 9.84 Å². The maximum Gasteiger partial charge on any atom is 0.335 e. The molecule has 1 amide bonds. The predicted octanol–water partition coefficient (Wildman–Crippen LogP) is 2.88. The molecule has 1 aliphatic heterocycles. The first kappa shape index (κ1) is 18.2. The lowest BCUT2D eigenvalue weighted by molar-refractivity contribution is -0.117. The molecule has 0 bridgehead atoms. The minimum absolute atomic E-state index is 0.00696. The number of carboxylic acids is 1. The third kappa shape index (κ3) is 3.15. The van der Waals surface area contributed by atoms with E-state index >= 15 is 0 Å². The standard InChI is InChI=1S/C20H17NO6/c1-11(22)16-17(12-5-9-15(27-2)10-6-12)21(19(24)18(16)23)14-7-3-13(4-8-14)20(25)26/h3-10,17,23H,1-2H3,(H,25,26). The first-order valence-corrected chi connectivity index (χ1v) is 8.10. The van der Waals surface area contributed by atoms with Crippen LogP contribution in [0.1, 0.15) is 28.9 Å². The molecule has 1 atom stereocenters. The number of benzene rings is 2. The molecule has 3 rings (SSSR count). The number of hydrogen-bond acceptors (Lipinski definition) is 5. The molecule has 27 heavy (non-hydrogen) atoms. The van der Waals surface area contributed by atoms with Crippen LogP contribution in [-0.4, -0.2) is 35.0 Å². The van der Waals surface area contributed by atoms with Gasteiger partial charge < -0.3 is 14.9 Å². The van der Waals surface area contributed by atoms with Crippen LogP contribution in [0.2, 0.25) is 0 Å². The quantitative estimate of drug-likeness (QED) is 0.842. The summed E-state index contributed by atoms with van der Waals surface area (Å²) < 4.78 is 5.13. The van der Waals surface area contributed by atoms with Crippen LogP contribution in [0, 0.1) is 0 Å². The summed E-state index contributed by atoms with van der Waals surface area (Å²) in [5, 5.41) is 19.3. The van der Waals surface area contributed by atoms with Gasteiger partial charge in [0, 0.05) is 5.69 Å². The Morgan fingerprint density at radius 3 is 2.11 bits per heavy atom. The molecule has 0 radical (unpaired) electrons. The molecule has 0 spiro atoms. The van der Waals surface area contributed by atoms with E-state index in [0.29, 0.717) is 17.0 Å². The van der Waals surface area contributed by atoms with Gasteiger partial charge in [-0.1, -0.05) is 12.1 Å². The number of carbonyl (C=O) groups excluding carboxylic acids is 2. The van der Waals surface area contributed by atoms with Gasteiger partial charge in [-0.05, 0) is 48.9 Å². The Bertz CT molecular complexity index is 943.